The second-order valence-electron chi connectivity index (χ2n) is 4.68. The summed E-state index contributed by atoms with van der Waals surface area (Å²) in [6.07, 6.45) is -0.545. The Bertz CT molecular complexity index is 363. The van der Waals surface area contributed by atoms with Crippen molar-refractivity contribution in [1.82, 2.24) is 0 Å². The van der Waals surface area contributed by atoms with E-state index in [0.717, 1.165) is 16.9 Å². The van der Waals surface area contributed by atoms with Gasteiger partial charge in [0, 0.05) is 5.41 Å². The summed E-state index contributed by atoms with van der Waals surface area (Å²) in [6.45, 7) is 9.84. The molecule has 16 heavy (non-hydrogen) atoms. The van der Waals surface area contributed by atoms with Crippen molar-refractivity contribution in [2.45, 2.75) is 26.9 Å². The highest BCUT2D eigenvalue weighted by atomic mass is 16.5. The predicted octanol–water partition coefficient (Wildman–Crippen LogP) is 3.33. The Labute approximate surface area is 97.6 Å². The van der Waals surface area contributed by atoms with Crippen LogP contribution in [-0.4, -0.2) is 12.2 Å². The standard InChI is InChI=1S/C14H20O2/c1-10(2)14(3,4)13(15)11-6-8-12(16-5)9-7-11/h6-9,13,15H,1H2,2-5H3. The van der Waals surface area contributed by atoms with Crippen molar-refractivity contribution >= 4 is 0 Å². The van der Waals surface area contributed by atoms with E-state index < -0.39 is 6.10 Å². The van der Waals surface area contributed by atoms with E-state index in [9.17, 15) is 5.11 Å². The van der Waals surface area contributed by atoms with Gasteiger partial charge in [-0.2, -0.15) is 0 Å². The van der Waals surface area contributed by atoms with Gasteiger partial charge in [0.1, 0.15) is 5.75 Å². The van der Waals surface area contributed by atoms with Crippen molar-refractivity contribution in [1.29, 1.82) is 0 Å². The number of aliphatic hydroxyl groups excluding tert-OH is 1. The van der Waals surface area contributed by atoms with Gasteiger partial charge in [0.2, 0.25) is 0 Å². The molecule has 1 N–H and O–H groups in total. The van der Waals surface area contributed by atoms with Gasteiger partial charge in [-0.05, 0) is 24.6 Å². The van der Waals surface area contributed by atoms with Gasteiger partial charge in [-0.15, -0.1) is 0 Å². The highest BCUT2D eigenvalue weighted by Crippen LogP contribution is 2.38. The van der Waals surface area contributed by atoms with Gasteiger partial charge in [-0.3, -0.25) is 0 Å². The molecular weight excluding hydrogens is 200 g/mol. The molecule has 0 spiro atoms. The molecule has 2 nitrogen and oxygen atoms in total. The van der Waals surface area contributed by atoms with Crippen LogP contribution in [0.4, 0.5) is 0 Å². The first-order valence-corrected chi connectivity index (χ1v) is 5.37. The molecule has 1 aromatic carbocycles. The minimum absolute atomic E-state index is 0.325. The second-order valence-corrected chi connectivity index (χ2v) is 4.68. The summed E-state index contributed by atoms with van der Waals surface area (Å²) >= 11 is 0. The minimum atomic E-state index is -0.545. The lowest BCUT2D eigenvalue weighted by Crippen LogP contribution is -2.22. The van der Waals surface area contributed by atoms with Gasteiger partial charge < -0.3 is 9.84 Å². The van der Waals surface area contributed by atoms with Crippen molar-refractivity contribution in [3.8, 4) is 5.75 Å². The summed E-state index contributed by atoms with van der Waals surface area (Å²) < 4.78 is 5.08. The van der Waals surface area contributed by atoms with Gasteiger partial charge in [0.15, 0.2) is 0 Å². The fourth-order valence-corrected chi connectivity index (χ4v) is 1.44. The molecule has 0 aliphatic carbocycles. The molecule has 2 heteroatoms. The van der Waals surface area contributed by atoms with Crippen LogP contribution in [0.1, 0.15) is 32.4 Å². The molecule has 0 fully saturated rings. The minimum Gasteiger partial charge on any atom is -0.497 e. The summed E-state index contributed by atoms with van der Waals surface area (Å²) in [6, 6.07) is 7.47. The number of methoxy groups -OCH3 is 1. The molecule has 0 saturated heterocycles. The lowest BCUT2D eigenvalue weighted by Gasteiger charge is -2.31. The monoisotopic (exact) mass is 220 g/mol. The molecule has 0 aliphatic rings. The summed E-state index contributed by atoms with van der Waals surface area (Å²) in [4.78, 5) is 0. The van der Waals surface area contributed by atoms with Crippen LogP contribution in [0.15, 0.2) is 36.4 Å². The highest BCUT2D eigenvalue weighted by Gasteiger charge is 2.29. The average molecular weight is 220 g/mol. The Kier molecular flexibility index (Phi) is 3.76. The van der Waals surface area contributed by atoms with Crippen LogP contribution in [0.25, 0.3) is 0 Å². The molecule has 1 aromatic rings. The molecule has 0 radical (unpaired) electrons. The number of ether oxygens (including phenoxy) is 1. The van der Waals surface area contributed by atoms with Crippen LogP contribution in [-0.2, 0) is 0 Å². The molecule has 0 amide bonds. The van der Waals surface area contributed by atoms with E-state index in [-0.39, 0.29) is 5.41 Å². The molecule has 1 atom stereocenters. The molecule has 1 unspecified atom stereocenters. The molecule has 0 aliphatic heterocycles. The Morgan fingerprint density at radius 1 is 1.31 bits per heavy atom. The molecule has 0 bridgehead atoms. The second kappa shape index (κ2) is 4.71. The Morgan fingerprint density at radius 3 is 2.19 bits per heavy atom. The van der Waals surface area contributed by atoms with E-state index >= 15 is 0 Å². The van der Waals surface area contributed by atoms with Crippen LogP contribution in [0.2, 0.25) is 0 Å². The zero-order chi connectivity index (χ0) is 12.3. The zero-order valence-corrected chi connectivity index (χ0v) is 10.4. The maximum absolute atomic E-state index is 10.3. The van der Waals surface area contributed by atoms with Crippen LogP contribution in [0.5, 0.6) is 5.75 Å². The van der Waals surface area contributed by atoms with Crippen molar-refractivity contribution in [3.05, 3.63) is 42.0 Å². The first-order valence-electron chi connectivity index (χ1n) is 5.37. The van der Waals surface area contributed by atoms with Crippen LogP contribution < -0.4 is 4.74 Å². The largest absolute Gasteiger partial charge is 0.497 e. The lowest BCUT2D eigenvalue weighted by atomic mass is 9.77. The number of benzene rings is 1. The Balaban J connectivity index is 2.96. The van der Waals surface area contributed by atoms with Gasteiger partial charge in [-0.25, -0.2) is 0 Å². The van der Waals surface area contributed by atoms with Crippen molar-refractivity contribution in [2.24, 2.45) is 5.41 Å². The van der Waals surface area contributed by atoms with Gasteiger partial charge >= 0.3 is 0 Å². The van der Waals surface area contributed by atoms with E-state index in [4.69, 9.17) is 4.74 Å². The van der Waals surface area contributed by atoms with Gasteiger partial charge in [-0.1, -0.05) is 38.1 Å². The van der Waals surface area contributed by atoms with E-state index in [1.807, 2.05) is 45.0 Å². The third-order valence-electron chi connectivity index (χ3n) is 3.22. The predicted molar refractivity (Wildman–Crippen MR) is 66.5 cm³/mol. The normalized spacial score (nSPS) is 13.3. The molecule has 0 heterocycles. The summed E-state index contributed by atoms with van der Waals surface area (Å²) in [5.74, 6) is 0.795. The fraction of sp³-hybridized carbons (Fsp3) is 0.429. The molecule has 1 rings (SSSR count). The van der Waals surface area contributed by atoms with E-state index in [1.165, 1.54) is 0 Å². The third kappa shape index (κ3) is 2.45. The number of rotatable bonds is 4. The highest BCUT2D eigenvalue weighted by molar-refractivity contribution is 5.30. The third-order valence-corrected chi connectivity index (χ3v) is 3.22. The van der Waals surface area contributed by atoms with Crippen LogP contribution >= 0.6 is 0 Å². The summed E-state index contributed by atoms with van der Waals surface area (Å²) in [5, 5.41) is 10.3. The van der Waals surface area contributed by atoms with Crippen molar-refractivity contribution < 1.29 is 9.84 Å². The van der Waals surface area contributed by atoms with E-state index in [1.54, 1.807) is 7.11 Å². The van der Waals surface area contributed by atoms with Gasteiger partial charge in [0.05, 0.1) is 13.2 Å². The fourth-order valence-electron chi connectivity index (χ4n) is 1.44. The lowest BCUT2D eigenvalue weighted by molar-refractivity contribution is 0.0746. The molecule has 0 aromatic heterocycles. The van der Waals surface area contributed by atoms with Crippen molar-refractivity contribution in [2.75, 3.05) is 7.11 Å². The first-order chi connectivity index (χ1) is 7.39. The topological polar surface area (TPSA) is 29.5 Å². The SMILES string of the molecule is C=C(C)C(C)(C)C(O)c1ccc(OC)cc1. The van der Waals surface area contributed by atoms with Crippen molar-refractivity contribution in [3.63, 3.8) is 0 Å². The van der Waals surface area contributed by atoms with E-state index in [2.05, 4.69) is 6.58 Å². The first kappa shape index (κ1) is 12.8. The Hall–Kier alpha value is -1.28. The Morgan fingerprint density at radius 2 is 1.81 bits per heavy atom. The number of aliphatic hydroxyl groups is 1. The van der Waals surface area contributed by atoms with Crippen LogP contribution in [0.3, 0.4) is 0 Å². The number of hydrogen-bond donors (Lipinski definition) is 1. The van der Waals surface area contributed by atoms with Gasteiger partial charge in [0.25, 0.3) is 0 Å². The molecular formula is C14H20O2. The molecule has 88 valence electrons. The maximum atomic E-state index is 10.3. The summed E-state index contributed by atoms with van der Waals surface area (Å²) in [5.41, 5.74) is 1.53. The smallest absolute Gasteiger partial charge is 0.118 e. The zero-order valence-electron chi connectivity index (χ0n) is 10.4. The van der Waals surface area contributed by atoms with E-state index in [0.29, 0.717) is 0 Å². The van der Waals surface area contributed by atoms with Crippen LogP contribution in [0, 0.1) is 5.41 Å². The quantitative estimate of drug-likeness (QED) is 0.789. The molecule has 0 saturated carbocycles. The average Bonchev–Trinajstić information content (AvgIpc) is 2.28. The summed E-state index contributed by atoms with van der Waals surface area (Å²) in [7, 11) is 1.63. The number of hydrogen-bond acceptors (Lipinski definition) is 2. The maximum Gasteiger partial charge on any atom is 0.118 e.